The van der Waals surface area contributed by atoms with Crippen LogP contribution in [0.2, 0.25) is 0 Å². The summed E-state index contributed by atoms with van der Waals surface area (Å²) in [6.07, 6.45) is 3.30. The summed E-state index contributed by atoms with van der Waals surface area (Å²) in [6, 6.07) is 11.6. The normalized spacial score (nSPS) is 17.0. The van der Waals surface area contributed by atoms with Crippen molar-refractivity contribution in [3.05, 3.63) is 90.0 Å². The number of amides is 1. The Morgan fingerprint density at radius 1 is 1.06 bits per heavy atom. The molecule has 2 aromatic rings. The number of benzene rings is 2. The summed E-state index contributed by atoms with van der Waals surface area (Å²) in [7, 11) is 3.80. The third-order valence-electron chi connectivity index (χ3n) is 5.70. The van der Waals surface area contributed by atoms with E-state index < -0.39 is 17.7 Å². The number of ketones is 1. The van der Waals surface area contributed by atoms with Gasteiger partial charge in [0.25, 0.3) is 11.7 Å². The van der Waals surface area contributed by atoms with Gasteiger partial charge in [-0.1, -0.05) is 37.4 Å². The van der Waals surface area contributed by atoms with Crippen LogP contribution in [0.15, 0.2) is 73.3 Å². The maximum atomic E-state index is 13.2. The first-order valence-corrected chi connectivity index (χ1v) is 11.4. The molecule has 35 heavy (non-hydrogen) atoms. The Balaban J connectivity index is 2.07. The van der Waals surface area contributed by atoms with Crippen LogP contribution in [0.3, 0.4) is 0 Å². The van der Waals surface area contributed by atoms with E-state index in [2.05, 4.69) is 13.2 Å². The number of carbonyl (C=O) groups is 2. The molecule has 1 aliphatic rings. The lowest BCUT2D eigenvalue weighted by Crippen LogP contribution is -2.35. The van der Waals surface area contributed by atoms with Gasteiger partial charge in [0.2, 0.25) is 0 Å². The van der Waals surface area contributed by atoms with E-state index in [1.54, 1.807) is 42.5 Å². The molecule has 0 saturated carbocycles. The van der Waals surface area contributed by atoms with E-state index in [1.165, 1.54) is 4.90 Å². The molecule has 7 heteroatoms. The molecule has 7 nitrogen and oxygen atoms in total. The first-order chi connectivity index (χ1) is 16.8. The number of hydrogen-bond donors (Lipinski definition) is 1. The molecule has 0 aliphatic carbocycles. The van der Waals surface area contributed by atoms with Crippen LogP contribution in [0.4, 0.5) is 0 Å². The highest BCUT2D eigenvalue weighted by atomic mass is 16.5. The molecule has 0 radical (unpaired) electrons. The second-order valence-corrected chi connectivity index (χ2v) is 8.54. The highest BCUT2D eigenvalue weighted by Crippen LogP contribution is 2.40. The average molecular weight is 477 g/mol. The molecule has 1 saturated heterocycles. The molecule has 0 unspecified atom stereocenters. The quantitative estimate of drug-likeness (QED) is 0.228. The van der Waals surface area contributed by atoms with Gasteiger partial charge in [0, 0.05) is 18.7 Å². The highest BCUT2D eigenvalue weighted by molar-refractivity contribution is 6.46. The Hall–Kier alpha value is -3.84. The zero-order valence-corrected chi connectivity index (χ0v) is 20.5. The van der Waals surface area contributed by atoms with Gasteiger partial charge < -0.3 is 24.4 Å². The van der Waals surface area contributed by atoms with Crippen LogP contribution < -0.4 is 9.47 Å². The van der Waals surface area contributed by atoms with E-state index in [1.807, 2.05) is 38.1 Å². The molecule has 0 spiro atoms. The molecule has 3 rings (SSSR count). The van der Waals surface area contributed by atoms with Crippen molar-refractivity contribution < 1.29 is 24.2 Å². The Kier molecular flexibility index (Phi) is 8.49. The average Bonchev–Trinajstić information content (AvgIpc) is 3.10. The Morgan fingerprint density at radius 3 is 2.31 bits per heavy atom. The SMILES string of the molecule is C=CCOc1ccc([C@H]2C(=C(O)c3ccc(OCC=C)c(C)c3)C(=O)C(=O)N2CCN(C)C)cc1. The summed E-state index contributed by atoms with van der Waals surface area (Å²) in [6.45, 7) is 10.8. The van der Waals surface area contributed by atoms with Gasteiger partial charge >= 0.3 is 0 Å². The Bertz CT molecular complexity index is 1130. The second kappa shape index (κ2) is 11.5. The van der Waals surface area contributed by atoms with Crippen molar-refractivity contribution in [1.82, 2.24) is 9.80 Å². The summed E-state index contributed by atoms with van der Waals surface area (Å²) < 4.78 is 11.2. The summed E-state index contributed by atoms with van der Waals surface area (Å²) in [5.41, 5.74) is 2.00. The van der Waals surface area contributed by atoms with E-state index >= 15 is 0 Å². The summed E-state index contributed by atoms with van der Waals surface area (Å²) in [5, 5.41) is 11.3. The number of aliphatic hydroxyl groups is 1. The second-order valence-electron chi connectivity index (χ2n) is 8.54. The minimum atomic E-state index is -0.722. The first-order valence-electron chi connectivity index (χ1n) is 11.4. The molecular formula is C28H32N2O5. The zero-order chi connectivity index (χ0) is 25.5. The van der Waals surface area contributed by atoms with Crippen molar-refractivity contribution in [2.75, 3.05) is 40.4 Å². The lowest BCUT2D eigenvalue weighted by molar-refractivity contribution is -0.140. The minimum Gasteiger partial charge on any atom is -0.507 e. The number of carbonyl (C=O) groups excluding carboxylic acids is 2. The summed E-state index contributed by atoms with van der Waals surface area (Å²) in [4.78, 5) is 29.7. The van der Waals surface area contributed by atoms with Gasteiger partial charge in [-0.25, -0.2) is 0 Å². The topological polar surface area (TPSA) is 79.3 Å². The number of ether oxygens (including phenoxy) is 2. The fraction of sp³-hybridized carbons (Fsp3) is 0.286. The minimum absolute atomic E-state index is 0.0627. The van der Waals surface area contributed by atoms with E-state index in [-0.39, 0.29) is 11.3 Å². The number of hydrogen-bond acceptors (Lipinski definition) is 6. The monoisotopic (exact) mass is 476 g/mol. The molecule has 1 fully saturated rings. The van der Waals surface area contributed by atoms with Crippen LogP contribution in [0.1, 0.15) is 22.7 Å². The van der Waals surface area contributed by atoms with E-state index in [0.29, 0.717) is 48.9 Å². The molecular weight excluding hydrogens is 444 g/mol. The molecule has 1 amide bonds. The third-order valence-corrected chi connectivity index (χ3v) is 5.70. The molecule has 1 N–H and O–H groups in total. The van der Waals surface area contributed by atoms with Gasteiger partial charge in [-0.15, -0.1) is 0 Å². The first kappa shape index (κ1) is 25.8. The van der Waals surface area contributed by atoms with Crippen molar-refractivity contribution >= 4 is 17.4 Å². The van der Waals surface area contributed by atoms with Gasteiger partial charge in [-0.2, -0.15) is 0 Å². The van der Waals surface area contributed by atoms with Crippen LogP contribution in [0, 0.1) is 6.92 Å². The third kappa shape index (κ3) is 5.81. The molecule has 1 atom stereocenters. The lowest BCUT2D eigenvalue weighted by atomic mass is 9.94. The van der Waals surface area contributed by atoms with Gasteiger partial charge in [0.1, 0.15) is 30.5 Å². The number of Topliss-reactive ketones (excluding diaryl/α,β-unsaturated/α-hetero) is 1. The van der Waals surface area contributed by atoms with Crippen molar-refractivity contribution in [1.29, 1.82) is 0 Å². The summed E-state index contributed by atoms with van der Waals surface area (Å²) in [5.74, 6) is -0.258. The standard InChI is InChI=1S/C28H32N2O5/c1-6-16-34-22-11-8-20(9-12-22)25-24(27(32)28(33)30(25)15-14-29(4)5)26(31)21-10-13-23(19(3)18-21)35-17-7-2/h6-13,18,25,31H,1-2,14-17H2,3-5H3/t25-/m0/s1. The summed E-state index contributed by atoms with van der Waals surface area (Å²) >= 11 is 0. The number of likely N-dealkylation sites (tertiary alicyclic amines) is 1. The Morgan fingerprint density at radius 2 is 1.71 bits per heavy atom. The van der Waals surface area contributed by atoms with Gasteiger partial charge in [0.05, 0.1) is 11.6 Å². The number of aliphatic hydroxyl groups excluding tert-OH is 1. The zero-order valence-electron chi connectivity index (χ0n) is 20.5. The van der Waals surface area contributed by atoms with Gasteiger partial charge in [-0.3, -0.25) is 9.59 Å². The van der Waals surface area contributed by atoms with Crippen LogP contribution >= 0.6 is 0 Å². The molecule has 1 heterocycles. The molecule has 2 aromatic carbocycles. The predicted octanol–water partition coefficient (Wildman–Crippen LogP) is 4.11. The fourth-order valence-electron chi connectivity index (χ4n) is 3.93. The van der Waals surface area contributed by atoms with Gasteiger partial charge in [0.15, 0.2) is 0 Å². The number of likely N-dealkylation sites (N-methyl/N-ethyl adjacent to an activating group) is 1. The van der Waals surface area contributed by atoms with Crippen molar-refractivity contribution in [2.45, 2.75) is 13.0 Å². The highest BCUT2D eigenvalue weighted by Gasteiger charge is 2.45. The van der Waals surface area contributed by atoms with Crippen molar-refractivity contribution in [3.63, 3.8) is 0 Å². The number of aryl methyl sites for hydroxylation is 1. The van der Waals surface area contributed by atoms with Crippen LogP contribution in [0.5, 0.6) is 11.5 Å². The smallest absolute Gasteiger partial charge is 0.295 e. The van der Waals surface area contributed by atoms with E-state index in [0.717, 1.165) is 5.56 Å². The largest absolute Gasteiger partial charge is 0.507 e. The fourth-order valence-corrected chi connectivity index (χ4v) is 3.93. The number of rotatable bonds is 11. The molecule has 0 bridgehead atoms. The molecule has 0 aromatic heterocycles. The van der Waals surface area contributed by atoms with Crippen LogP contribution in [0.25, 0.3) is 5.76 Å². The number of nitrogens with zero attached hydrogens (tertiary/aromatic N) is 2. The van der Waals surface area contributed by atoms with Crippen LogP contribution in [-0.4, -0.2) is 67.0 Å². The van der Waals surface area contributed by atoms with Gasteiger partial charge in [-0.05, 0) is 62.5 Å². The van der Waals surface area contributed by atoms with Crippen molar-refractivity contribution in [3.8, 4) is 11.5 Å². The van der Waals surface area contributed by atoms with E-state index in [4.69, 9.17) is 9.47 Å². The van der Waals surface area contributed by atoms with Crippen molar-refractivity contribution in [2.24, 2.45) is 0 Å². The van der Waals surface area contributed by atoms with E-state index in [9.17, 15) is 14.7 Å². The lowest BCUT2D eigenvalue weighted by Gasteiger charge is -2.26. The molecule has 1 aliphatic heterocycles. The Labute approximate surface area is 206 Å². The molecule has 184 valence electrons. The maximum absolute atomic E-state index is 13.2. The maximum Gasteiger partial charge on any atom is 0.295 e. The predicted molar refractivity (Wildman–Crippen MR) is 137 cm³/mol. The van der Waals surface area contributed by atoms with Crippen LogP contribution in [-0.2, 0) is 9.59 Å².